The Hall–Kier alpha value is -3.71. The monoisotopic (exact) mass is 388 g/mol. The first kappa shape index (κ1) is 17.7. The minimum atomic E-state index is -0.296. The van der Waals surface area contributed by atoms with Crippen molar-refractivity contribution < 1.29 is 14.6 Å². The molecule has 0 aliphatic heterocycles. The number of hydrogen-bond acceptors (Lipinski definition) is 5. The number of thiazole rings is 1. The molecule has 136 valence electrons. The van der Waals surface area contributed by atoms with Crippen LogP contribution in [0.15, 0.2) is 78.0 Å². The van der Waals surface area contributed by atoms with Gasteiger partial charge in [0, 0.05) is 11.1 Å². The molecule has 0 unspecified atom stereocenters. The summed E-state index contributed by atoms with van der Waals surface area (Å²) in [6.07, 6.45) is 0. The Morgan fingerprint density at radius 2 is 1.54 bits per heavy atom. The molecular formula is C21H14N3O3S+. The summed E-state index contributed by atoms with van der Waals surface area (Å²) in [6.45, 7) is 0. The number of anilines is 1. The molecule has 0 atom stereocenters. The van der Waals surface area contributed by atoms with E-state index in [1.54, 1.807) is 54.6 Å². The van der Waals surface area contributed by atoms with E-state index in [0.29, 0.717) is 27.5 Å². The fourth-order valence-corrected chi connectivity index (χ4v) is 3.71. The molecule has 0 aliphatic carbocycles. The number of carbonyl (C=O) groups is 2. The summed E-state index contributed by atoms with van der Waals surface area (Å²) < 4.78 is 0.816. The number of ketones is 1. The first-order chi connectivity index (χ1) is 13.6. The third-order valence-electron chi connectivity index (χ3n) is 4.20. The van der Waals surface area contributed by atoms with E-state index >= 15 is 0 Å². The van der Waals surface area contributed by atoms with E-state index < -0.39 is 0 Å². The van der Waals surface area contributed by atoms with E-state index in [9.17, 15) is 14.5 Å². The summed E-state index contributed by atoms with van der Waals surface area (Å²) in [5.74, 6) is -0.389. The first-order valence-electron chi connectivity index (χ1n) is 8.44. The predicted molar refractivity (Wildman–Crippen MR) is 108 cm³/mol. The molecule has 3 aromatic carbocycles. The van der Waals surface area contributed by atoms with Crippen LogP contribution < -0.4 is 10.3 Å². The van der Waals surface area contributed by atoms with E-state index in [4.69, 9.17) is 0 Å². The van der Waals surface area contributed by atoms with Crippen molar-refractivity contribution >= 4 is 44.1 Å². The largest absolute Gasteiger partial charge is 0.340 e. The van der Waals surface area contributed by atoms with Crippen molar-refractivity contribution in [3.63, 3.8) is 0 Å². The van der Waals surface area contributed by atoms with Gasteiger partial charge >= 0.3 is 11.0 Å². The maximum atomic E-state index is 12.5. The van der Waals surface area contributed by atoms with Gasteiger partial charge in [0.15, 0.2) is 5.78 Å². The molecule has 0 radical (unpaired) electrons. The third-order valence-corrected chi connectivity index (χ3v) is 5.17. The van der Waals surface area contributed by atoms with Crippen LogP contribution in [-0.2, 0) is 0 Å². The highest BCUT2D eigenvalue weighted by Crippen LogP contribution is 2.26. The summed E-state index contributed by atoms with van der Waals surface area (Å²) in [6, 6.07) is 20.5. The molecule has 28 heavy (non-hydrogen) atoms. The zero-order valence-electron chi connectivity index (χ0n) is 14.5. The minimum Gasteiger partial charge on any atom is -0.289 e. The SMILES string of the molecule is O=Nc1ccc2[nH+]c(NC(=O)c3ccc(C(=O)c4ccccc4)cc3)sc2c1. The van der Waals surface area contributed by atoms with Crippen LogP contribution in [0.5, 0.6) is 0 Å². The number of hydrogen-bond donors (Lipinski definition) is 1. The number of rotatable bonds is 5. The van der Waals surface area contributed by atoms with Gasteiger partial charge in [-0.15, -0.1) is 4.91 Å². The van der Waals surface area contributed by atoms with Crippen LogP contribution in [0.25, 0.3) is 10.2 Å². The number of nitrogens with one attached hydrogen (secondary N) is 2. The Labute approximate surface area is 163 Å². The summed E-state index contributed by atoms with van der Waals surface area (Å²) in [4.78, 5) is 38.6. The molecule has 6 nitrogen and oxygen atoms in total. The molecule has 2 N–H and O–H groups in total. The molecule has 0 bridgehead atoms. The van der Waals surface area contributed by atoms with Crippen LogP contribution in [0, 0.1) is 4.91 Å². The van der Waals surface area contributed by atoms with Gasteiger partial charge in [0.2, 0.25) is 0 Å². The molecule has 1 heterocycles. The van der Waals surface area contributed by atoms with E-state index in [0.717, 1.165) is 10.2 Å². The number of fused-ring (bicyclic) bond motifs is 1. The Kier molecular flexibility index (Phi) is 4.74. The van der Waals surface area contributed by atoms with Crippen molar-refractivity contribution in [3.8, 4) is 0 Å². The van der Waals surface area contributed by atoms with Crippen molar-refractivity contribution in [3.05, 3.63) is 94.4 Å². The van der Waals surface area contributed by atoms with Crippen LogP contribution in [0.4, 0.5) is 10.8 Å². The standard InChI is InChI=1S/C21H13N3O3S/c25-19(13-4-2-1-3-5-13)14-6-8-15(9-7-14)20(26)23-21-22-17-11-10-16(24-27)12-18(17)28-21/h1-12H,(H,22,23,26)/p+1. The van der Waals surface area contributed by atoms with Crippen LogP contribution in [-0.4, -0.2) is 11.7 Å². The maximum absolute atomic E-state index is 12.5. The zero-order chi connectivity index (χ0) is 19.5. The molecule has 0 saturated heterocycles. The van der Waals surface area contributed by atoms with Crippen molar-refractivity contribution in [1.82, 2.24) is 0 Å². The van der Waals surface area contributed by atoms with Gasteiger partial charge in [-0.2, -0.15) is 5.32 Å². The quantitative estimate of drug-likeness (QED) is 0.400. The topological polar surface area (TPSA) is 89.7 Å². The second-order valence-corrected chi connectivity index (χ2v) is 7.11. The average molecular weight is 388 g/mol. The second-order valence-electron chi connectivity index (χ2n) is 6.05. The van der Waals surface area contributed by atoms with Crippen LogP contribution in [0.2, 0.25) is 0 Å². The maximum Gasteiger partial charge on any atom is 0.340 e. The zero-order valence-corrected chi connectivity index (χ0v) is 15.3. The molecule has 1 amide bonds. The van der Waals surface area contributed by atoms with Gasteiger partial charge in [-0.3, -0.25) is 4.79 Å². The lowest BCUT2D eigenvalue weighted by Crippen LogP contribution is -2.17. The van der Waals surface area contributed by atoms with Crippen molar-refractivity contribution in [2.45, 2.75) is 0 Å². The molecule has 0 fully saturated rings. The predicted octanol–water partition coefficient (Wildman–Crippen LogP) is 4.60. The summed E-state index contributed by atoms with van der Waals surface area (Å²) in [7, 11) is 0. The van der Waals surface area contributed by atoms with Gasteiger partial charge in [0.25, 0.3) is 0 Å². The molecule has 0 spiro atoms. The Balaban J connectivity index is 1.51. The number of aromatic nitrogens is 1. The lowest BCUT2D eigenvalue weighted by Gasteiger charge is -2.02. The van der Waals surface area contributed by atoms with E-state index in [-0.39, 0.29) is 11.7 Å². The smallest absolute Gasteiger partial charge is 0.289 e. The Morgan fingerprint density at radius 3 is 2.25 bits per heavy atom. The minimum absolute atomic E-state index is 0.0926. The highest BCUT2D eigenvalue weighted by atomic mass is 32.1. The van der Waals surface area contributed by atoms with Crippen molar-refractivity contribution in [1.29, 1.82) is 0 Å². The number of benzene rings is 3. The van der Waals surface area contributed by atoms with Gasteiger partial charge in [-0.25, -0.2) is 9.78 Å². The van der Waals surface area contributed by atoms with Gasteiger partial charge < -0.3 is 0 Å². The van der Waals surface area contributed by atoms with Gasteiger partial charge in [-0.1, -0.05) is 42.5 Å². The summed E-state index contributed by atoms with van der Waals surface area (Å²) in [5.41, 5.74) is 2.69. The Morgan fingerprint density at radius 1 is 0.857 bits per heavy atom. The summed E-state index contributed by atoms with van der Waals surface area (Å²) in [5, 5.41) is 6.26. The first-order valence-corrected chi connectivity index (χ1v) is 9.26. The van der Waals surface area contributed by atoms with Crippen LogP contribution >= 0.6 is 11.3 Å². The van der Waals surface area contributed by atoms with Crippen molar-refractivity contribution in [2.75, 3.05) is 5.32 Å². The van der Waals surface area contributed by atoms with Gasteiger partial charge in [-0.05, 0) is 46.8 Å². The molecule has 7 heteroatoms. The lowest BCUT2D eigenvalue weighted by atomic mass is 10.0. The molecule has 0 aliphatic rings. The third kappa shape index (κ3) is 3.56. The normalized spacial score (nSPS) is 10.6. The molecule has 4 rings (SSSR count). The number of aromatic amines is 1. The van der Waals surface area contributed by atoms with Crippen LogP contribution in [0.3, 0.4) is 0 Å². The number of nitroso groups, excluding NO2 is 1. The molecule has 4 aromatic rings. The van der Waals surface area contributed by atoms with E-state index in [2.05, 4.69) is 15.5 Å². The molecule has 0 saturated carbocycles. The van der Waals surface area contributed by atoms with Gasteiger partial charge in [0.1, 0.15) is 11.2 Å². The summed E-state index contributed by atoms with van der Waals surface area (Å²) >= 11 is 1.31. The average Bonchev–Trinajstić information content (AvgIpc) is 3.15. The van der Waals surface area contributed by atoms with Gasteiger partial charge in [0.05, 0.1) is 10.3 Å². The lowest BCUT2D eigenvalue weighted by molar-refractivity contribution is -0.321. The molecule has 1 aromatic heterocycles. The van der Waals surface area contributed by atoms with Crippen molar-refractivity contribution in [2.24, 2.45) is 5.18 Å². The van der Waals surface area contributed by atoms with E-state index in [1.807, 2.05) is 18.2 Å². The highest BCUT2D eigenvalue weighted by Gasteiger charge is 2.17. The van der Waals surface area contributed by atoms with E-state index in [1.165, 1.54) is 11.3 Å². The number of amides is 1. The number of carbonyl (C=O) groups excluding carboxylic acids is 2. The number of H-pyrrole nitrogens is 1. The fourth-order valence-electron chi connectivity index (χ4n) is 2.77. The number of nitrogens with zero attached hydrogens (tertiary/aromatic N) is 1. The molecular weight excluding hydrogens is 374 g/mol. The Bertz CT molecular complexity index is 1180. The highest BCUT2D eigenvalue weighted by molar-refractivity contribution is 7.21. The fraction of sp³-hybridized carbons (Fsp3) is 0. The van der Waals surface area contributed by atoms with Crippen LogP contribution in [0.1, 0.15) is 26.3 Å². The second kappa shape index (κ2) is 7.50.